The maximum Gasteiger partial charge on any atom is 0.269 e. The van der Waals surface area contributed by atoms with E-state index in [4.69, 9.17) is 0 Å². The van der Waals surface area contributed by atoms with Crippen LogP contribution in [0.15, 0.2) is 12.2 Å². The standard InChI is InChI=1S/C13H20F2O/c1-10(2)12(16)9-11-7-5-3-4-6-8-13(11,14)15/h6,8,10-11H,3-5,7,9H2,1-2H3/b8-6-. The van der Waals surface area contributed by atoms with E-state index in [1.54, 1.807) is 19.9 Å². The van der Waals surface area contributed by atoms with Crippen molar-refractivity contribution in [2.24, 2.45) is 11.8 Å². The van der Waals surface area contributed by atoms with Gasteiger partial charge in [-0.3, -0.25) is 4.79 Å². The van der Waals surface area contributed by atoms with E-state index >= 15 is 0 Å². The zero-order valence-electron chi connectivity index (χ0n) is 10.0. The summed E-state index contributed by atoms with van der Waals surface area (Å²) in [4.78, 5) is 11.5. The first kappa shape index (κ1) is 13.3. The minimum absolute atomic E-state index is 0.00894. The van der Waals surface area contributed by atoms with Crippen LogP contribution < -0.4 is 0 Å². The molecule has 1 aliphatic rings. The van der Waals surface area contributed by atoms with E-state index in [0.29, 0.717) is 6.42 Å². The van der Waals surface area contributed by atoms with Crippen LogP contribution in [0.2, 0.25) is 0 Å². The van der Waals surface area contributed by atoms with Crippen molar-refractivity contribution in [1.29, 1.82) is 0 Å². The van der Waals surface area contributed by atoms with Gasteiger partial charge in [0.25, 0.3) is 5.92 Å². The molecule has 92 valence electrons. The Labute approximate surface area is 95.9 Å². The van der Waals surface area contributed by atoms with Crippen LogP contribution in [-0.2, 0) is 4.79 Å². The maximum atomic E-state index is 13.7. The number of carbonyl (C=O) groups excluding carboxylic acids is 1. The van der Waals surface area contributed by atoms with Crippen LogP contribution in [0.25, 0.3) is 0 Å². The third-order valence-electron chi connectivity index (χ3n) is 3.15. The summed E-state index contributed by atoms with van der Waals surface area (Å²) in [7, 11) is 0. The summed E-state index contributed by atoms with van der Waals surface area (Å²) in [5, 5.41) is 0. The fourth-order valence-electron chi connectivity index (χ4n) is 1.94. The minimum Gasteiger partial charge on any atom is -0.299 e. The summed E-state index contributed by atoms with van der Waals surface area (Å²) >= 11 is 0. The second kappa shape index (κ2) is 5.55. The Morgan fingerprint density at radius 1 is 1.44 bits per heavy atom. The molecule has 0 aromatic carbocycles. The number of hydrogen-bond donors (Lipinski definition) is 0. The normalized spacial score (nSPS) is 27.2. The third-order valence-corrected chi connectivity index (χ3v) is 3.15. The SMILES string of the molecule is CC(C)C(=O)CC1CCCC/C=C\C1(F)F. The van der Waals surface area contributed by atoms with Crippen LogP contribution in [0.1, 0.15) is 46.0 Å². The van der Waals surface area contributed by atoms with Gasteiger partial charge in [-0.1, -0.05) is 26.3 Å². The number of halogens is 2. The van der Waals surface area contributed by atoms with Crippen molar-refractivity contribution in [1.82, 2.24) is 0 Å². The molecular formula is C13H20F2O. The number of ketones is 1. The minimum atomic E-state index is -2.81. The molecule has 0 aromatic heterocycles. The smallest absolute Gasteiger partial charge is 0.269 e. The molecule has 1 aliphatic carbocycles. The van der Waals surface area contributed by atoms with Crippen molar-refractivity contribution >= 4 is 5.78 Å². The quantitative estimate of drug-likeness (QED) is 0.670. The Bertz CT molecular complexity index is 269. The second-order valence-corrected chi connectivity index (χ2v) is 4.88. The maximum absolute atomic E-state index is 13.7. The highest BCUT2D eigenvalue weighted by Gasteiger charge is 2.38. The summed E-state index contributed by atoms with van der Waals surface area (Å²) in [6.07, 6.45) is 5.45. The number of carbonyl (C=O) groups is 1. The van der Waals surface area contributed by atoms with Crippen molar-refractivity contribution in [3.8, 4) is 0 Å². The van der Waals surface area contributed by atoms with Crippen molar-refractivity contribution in [2.45, 2.75) is 51.9 Å². The van der Waals surface area contributed by atoms with E-state index in [1.807, 2.05) is 0 Å². The number of Topliss-reactive ketones (excluding diaryl/α,β-unsaturated/α-hetero) is 1. The van der Waals surface area contributed by atoms with Crippen LogP contribution in [-0.4, -0.2) is 11.7 Å². The molecule has 0 spiro atoms. The Morgan fingerprint density at radius 3 is 2.75 bits per heavy atom. The van der Waals surface area contributed by atoms with Gasteiger partial charge in [0.15, 0.2) is 0 Å². The topological polar surface area (TPSA) is 17.1 Å². The Morgan fingerprint density at radius 2 is 2.12 bits per heavy atom. The summed E-state index contributed by atoms with van der Waals surface area (Å²) < 4.78 is 27.4. The first-order valence-corrected chi connectivity index (χ1v) is 6.01. The van der Waals surface area contributed by atoms with Crippen LogP contribution in [0.4, 0.5) is 8.78 Å². The van der Waals surface area contributed by atoms with Gasteiger partial charge in [-0.05, 0) is 25.3 Å². The zero-order chi connectivity index (χ0) is 12.2. The average Bonchev–Trinajstić information content (AvgIpc) is 2.18. The highest BCUT2D eigenvalue weighted by molar-refractivity contribution is 5.80. The molecule has 0 aromatic rings. The summed E-state index contributed by atoms with van der Waals surface area (Å²) in [6.45, 7) is 3.53. The lowest BCUT2D eigenvalue weighted by Gasteiger charge is -2.26. The van der Waals surface area contributed by atoms with Gasteiger partial charge in [-0.15, -0.1) is 0 Å². The molecule has 1 rings (SSSR count). The zero-order valence-corrected chi connectivity index (χ0v) is 10.0. The van der Waals surface area contributed by atoms with Crippen molar-refractivity contribution in [3.05, 3.63) is 12.2 Å². The lowest BCUT2D eigenvalue weighted by atomic mass is 9.85. The van der Waals surface area contributed by atoms with Crippen molar-refractivity contribution in [2.75, 3.05) is 0 Å². The van der Waals surface area contributed by atoms with E-state index in [9.17, 15) is 13.6 Å². The molecule has 0 radical (unpaired) electrons. The van der Waals surface area contributed by atoms with Gasteiger partial charge in [0.05, 0.1) is 0 Å². The molecule has 1 atom stereocenters. The number of alkyl halides is 2. The van der Waals surface area contributed by atoms with E-state index in [-0.39, 0.29) is 18.1 Å². The molecule has 0 saturated carbocycles. The number of hydrogen-bond acceptors (Lipinski definition) is 1. The van der Waals surface area contributed by atoms with Crippen LogP contribution >= 0.6 is 0 Å². The van der Waals surface area contributed by atoms with E-state index < -0.39 is 11.8 Å². The molecular weight excluding hydrogens is 210 g/mol. The van der Waals surface area contributed by atoms with Gasteiger partial charge in [-0.2, -0.15) is 0 Å². The second-order valence-electron chi connectivity index (χ2n) is 4.88. The summed E-state index contributed by atoms with van der Waals surface area (Å²) in [5.41, 5.74) is 0. The van der Waals surface area contributed by atoms with Gasteiger partial charge in [-0.25, -0.2) is 8.78 Å². The molecule has 0 bridgehead atoms. The number of allylic oxidation sites excluding steroid dienone is 2. The predicted molar refractivity (Wildman–Crippen MR) is 60.5 cm³/mol. The highest BCUT2D eigenvalue weighted by atomic mass is 19.3. The average molecular weight is 230 g/mol. The fourth-order valence-corrected chi connectivity index (χ4v) is 1.94. The molecule has 1 unspecified atom stereocenters. The molecule has 16 heavy (non-hydrogen) atoms. The molecule has 0 fully saturated rings. The molecule has 0 aliphatic heterocycles. The van der Waals surface area contributed by atoms with Gasteiger partial charge in [0.2, 0.25) is 0 Å². The van der Waals surface area contributed by atoms with E-state index in [1.165, 1.54) is 0 Å². The predicted octanol–water partition coefficient (Wildman–Crippen LogP) is 3.98. The van der Waals surface area contributed by atoms with Crippen molar-refractivity contribution < 1.29 is 13.6 Å². The van der Waals surface area contributed by atoms with Gasteiger partial charge < -0.3 is 0 Å². The largest absolute Gasteiger partial charge is 0.299 e. The lowest BCUT2D eigenvalue weighted by molar-refractivity contribution is -0.126. The molecule has 0 amide bonds. The van der Waals surface area contributed by atoms with Crippen LogP contribution in [0, 0.1) is 11.8 Å². The Hall–Kier alpha value is -0.730. The summed E-state index contributed by atoms with van der Waals surface area (Å²) in [5.74, 6) is -3.83. The molecule has 0 N–H and O–H groups in total. The first-order valence-electron chi connectivity index (χ1n) is 6.01. The molecule has 3 heteroatoms. The highest BCUT2D eigenvalue weighted by Crippen LogP contribution is 2.35. The molecule has 0 saturated heterocycles. The van der Waals surface area contributed by atoms with Gasteiger partial charge >= 0.3 is 0 Å². The van der Waals surface area contributed by atoms with Crippen LogP contribution in [0.3, 0.4) is 0 Å². The molecule has 1 nitrogen and oxygen atoms in total. The summed E-state index contributed by atoms with van der Waals surface area (Å²) in [6, 6.07) is 0. The molecule has 0 heterocycles. The van der Waals surface area contributed by atoms with Crippen LogP contribution in [0.5, 0.6) is 0 Å². The Balaban J connectivity index is 2.70. The Kier molecular flexibility index (Phi) is 4.63. The van der Waals surface area contributed by atoms with E-state index in [0.717, 1.165) is 25.3 Å². The lowest BCUT2D eigenvalue weighted by Crippen LogP contribution is -2.30. The third kappa shape index (κ3) is 3.69. The van der Waals surface area contributed by atoms with Crippen molar-refractivity contribution in [3.63, 3.8) is 0 Å². The fraction of sp³-hybridized carbons (Fsp3) is 0.769. The number of rotatable bonds is 3. The van der Waals surface area contributed by atoms with Gasteiger partial charge in [0, 0.05) is 18.3 Å². The monoisotopic (exact) mass is 230 g/mol. The first-order chi connectivity index (χ1) is 7.43. The van der Waals surface area contributed by atoms with E-state index in [2.05, 4.69) is 0 Å². The van der Waals surface area contributed by atoms with Gasteiger partial charge in [0.1, 0.15) is 5.78 Å².